The SMILES string of the molecule is O=C(NC(c1ccccc1)c1ccccc1)c1sc2ccccc2c1Cl. The van der Waals surface area contributed by atoms with Crippen LogP contribution in [-0.2, 0) is 0 Å². The fourth-order valence-electron chi connectivity index (χ4n) is 3.01. The number of hydrogen-bond acceptors (Lipinski definition) is 2. The first-order chi connectivity index (χ1) is 12.7. The number of nitrogens with one attached hydrogen (secondary N) is 1. The summed E-state index contributed by atoms with van der Waals surface area (Å²) in [6, 6.07) is 27.5. The third-order valence-corrected chi connectivity index (χ3v) is 5.96. The largest absolute Gasteiger partial charge is 0.340 e. The predicted molar refractivity (Wildman–Crippen MR) is 109 cm³/mol. The van der Waals surface area contributed by atoms with Crippen LogP contribution in [0.5, 0.6) is 0 Å². The van der Waals surface area contributed by atoms with Gasteiger partial charge in [-0.25, -0.2) is 0 Å². The molecule has 1 N–H and O–H groups in total. The number of amides is 1. The lowest BCUT2D eigenvalue weighted by Gasteiger charge is -2.19. The molecule has 128 valence electrons. The van der Waals surface area contributed by atoms with Crippen molar-refractivity contribution in [3.63, 3.8) is 0 Å². The topological polar surface area (TPSA) is 29.1 Å². The molecular weight excluding hydrogens is 362 g/mol. The monoisotopic (exact) mass is 377 g/mol. The van der Waals surface area contributed by atoms with E-state index in [9.17, 15) is 4.79 Å². The van der Waals surface area contributed by atoms with Crippen molar-refractivity contribution in [2.75, 3.05) is 0 Å². The maximum absolute atomic E-state index is 13.0. The second kappa shape index (κ2) is 7.32. The number of carbonyl (C=O) groups is 1. The average molecular weight is 378 g/mol. The summed E-state index contributed by atoms with van der Waals surface area (Å²) in [5.41, 5.74) is 2.06. The molecule has 0 saturated carbocycles. The van der Waals surface area contributed by atoms with Crippen LogP contribution in [0.15, 0.2) is 84.9 Å². The van der Waals surface area contributed by atoms with Crippen molar-refractivity contribution in [2.24, 2.45) is 0 Å². The normalized spacial score (nSPS) is 11.0. The molecule has 0 spiro atoms. The fourth-order valence-corrected chi connectivity index (χ4v) is 4.43. The van der Waals surface area contributed by atoms with E-state index >= 15 is 0 Å². The smallest absolute Gasteiger partial charge is 0.263 e. The Labute approximate surface area is 161 Å². The van der Waals surface area contributed by atoms with E-state index in [2.05, 4.69) is 5.32 Å². The van der Waals surface area contributed by atoms with E-state index in [-0.39, 0.29) is 11.9 Å². The van der Waals surface area contributed by atoms with Gasteiger partial charge in [0.05, 0.1) is 11.1 Å². The summed E-state index contributed by atoms with van der Waals surface area (Å²) in [6.07, 6.45) is 0. The van der Waals surface area contributed by atoms with Crippen molar-refractivity contribution in [2.45, 2.75) is 6.04 Å². The lowest BCUT2D eigenvalue weighted by atomic mass is 9.98. The molecule has 1 amide bonds. The van der Waals surface area contributed by atoms with Crippen LogP contribution in [0, 0.1) is 0 Å². The van der Waals surface area contributed by atoms with Crippen molar-refractivity contribution in [3.8, 4) is 0 Å². The van der Waals surface area contributed by atoms with Crippen molar-refractivity contribution < 1.29 is 4.79 Å². The van der Waals surface area contributed by atoms with Crippen molar-refractivity contribution in [3.05, 3.63) is 106 Å². The van der Waals surface area contributed by atoms with Gasteiger partial charge in [-0.2, -0.15) is 0 Å². The Hall–Kier alpha value is -2.62. The first-order valence-electron chi connectivity index (χ1n) is 8.32. The lowest BCUT2D eigenvalue weighted by molar-refractivity contribution is 0.0947. The van der Waals surface area contributed by atoms with Crippen LogP contribution >= 0.6 is 22.9 Å². The Morgan fingerprint density at radius 1 is 0.808 bits per heavy atom. The van der Waals surface area contributed by atoms with E-state index in [0.717, 1.165) is 21.2 Å². The quantitative estimate of drug-likeness (QED) is 0.459. The summed E-state index contributed by atoms with van der Waals surface area (Å²) >= 11 is 7.90. The molecule has 0 bridgehead atoms. The molecule has 2 nitrogen and oxygen atoms in total. The van der Waals surface area contributed by atoms with E-state index in [1.165, 1.54) is 11.3 Å². The highest BCUT2D eigenvalue weighted by Crippen LogP contribution is 2.35. The zero-order valence-electron chi connectivity index (χ0n) is 13.9. The maximum atomic E-state index is 13.0. The lowest BCUT2D eigenvalue weighted by Crippen LogP contribution is -2.28. The summed E-state index contributed by atoms with van der Waals surface area (Å²) in [4.78, 5) is 13.6. The molecule has 1 heterocycles. The molecule has 0 aliphatic rings. The summed E-state index contributed by atoms with van der Waals surface area (Å²) in [6.45, 7) is 0. The molecule has 0 aliphatic carbocycles. The molecule has 4 rings (SSSR count). The number of hydrogen-bond donors (Lipinski definition) is 1. The molecule has 4 heteroatoms. The van der Waals surface area contributed by atoms with Crippen LogP contribution in [-0.4, -0.2) is 5.91 Å². The molecule has 0 radical (unpaired) electrons. The summed E-state index contributed by atoms with van der Waals surface area (Å²) in [5.74, 6) is -0.158. The predicted octanol–water partition coefficient (Wildman–Crippen LogP) is 6.07. The first-order valence-corrected chi connectivity index (χ1v) is 9.51. The second-order valence-electron chi connectivity index (χ2n) is 5.97. The molecule has 4 aromatic rings. The first kappa shape index (κ1) is 16.8. The van der Waals surface area contributed by atoms with Gasteiger partial charge in [-0.3, -0.25) is 4.79 Å². The Morgan fingerprint density at radius 2 is 1.35 bits per heavy atom. The van der Waals surface area contributed by atoms with Gasteiger partial charge in [0.25, 0.3) is 5.91 Å². The molecule has 0 unspecified atom stereocenters. The van der Waals surface area contributed by atoms with Crippen LogP contribution in [0.3, 0.4) is 0 Å². The van der Waals surface area contributed by atoms with Gasteiger partial charge in [0.1, 0.15) is 4.88 Å². The molecule has 26 heavy (non-hydrogen) atoms. The number of thiophene rings is 1. The van der Waals surface area contributed by atoms with Crippen LogP contribution in [0.25, 0.3) is 10.1 Å². The van der Waals surface area contributed by atoms with Gasteiger partial charge >= 0.3 is 0 Å². The average Bonchev–Trinajstić information content (AvgIpc) is 3.04. The van der Waals surface area contributed by atoms with Gasteiger partial charge in [0.15, 0.2) is 0 Å². The van der Waals surface area contributed by atoms with Gasteiger partial charge < -0.3 is 5.32 Å². The Kier molecular flexibility index (Phi) is 4.74. The van der Waals surface area contributed by atoms with E-state index in [0.29, 0.717) is 9.90 Å². The molecule has 0 atom stereocenters. The highest BCUT2D eigenvalue weighted by molar-refractivity contribution is 7.21. The van der Waals surface area contributed by atoms with Crippen molar-refractivity contribution in [1.29, 1.82) is 0 Å². The molecule has 1 aromatic heterocycles. The highest BCUT2D eigenvalue weighted by atomic mass is 35.5. The minimum Gasteiger partial charge on any atom is -0.340 e. The fraction of sp³-hybridized carbons (Fsp3) is 0.0455. The molecule has 3 aromatic carbocycles. The number of benzene rings is 3. The van der Waals surface area contributed by atoms with Crippen LogP contribution in [0.4, 0.5) is 0 Å². The summed E-state index contributed by atoms with van der Waals surface area (Å²) in [5, 5.41) is 4.59. The van der Waals surface area contributed by atoms with Crippen LogP contribution in [0.2, 0.25) is 5.02 Å². The molecule has 0 aliphatic heterocycles. The number of halogens is 1. The molecular formula is C22H16ClNOS. The Bertz CT molecular complexity index is 1000. The van der Waals surface area contributed by atoms with Gasteiger partial charge in [0.2, 0.25) is 0 Å². The van der Waals surface area contributed by atoms with E-state index < -0.39 is 0 Å². The maximum Gasteiger partial charge on any atom is 0.263 e. The van der Waals surface area contributed by atoms with Gasteiger partial charge in [-0.05, 0) is 17.2 Å². The van der Waals surface area contributed by atoms with E-state index in [4.69, 9.17) is 11.6 Å². The van der Waals surface area contributed by atoms with Crippen molar-refractivity contribution >= 4 is 38.9 Å². The number of carbonyl (C=O) groups excluding carboxylic acids is 1. The minimum atomic E-state index is -0.230. The molecule has 0 saturated heterocycles. The zero-order valence-corrected chi connectivity index (χ0v) is 15.4. The van der Waals surface area contributed by atoms with E-state index in [1.807, 2.05) is 84.9 Å². The third-order valence-electron chi connectivity index (χ3n) is 4.28. The van der Waals surface area contributed by atoms with Gasteiger partial charge in [-0.1, -0.05) is 90.5 Å². The minimum absolute atomic E-state index is 0.158. The van der Waals surface area contributed by atoms with E-state index in [1.54, 1.807) is 0 Å². The number of fused-ring (bicyclic) bond motifs is 1. The zero-order chi connectivity index (χ0) is 17.9. The summed E-state index contributed by atoms with van der Waals surface area (Å²) in [7, 11) is 0. The van der Waals surface area contributed by atoms with Crippen molar-refractivity contribution in [1.82, 2.24) is 5.32 Å². The van der Waals surface area contributed by atoms with Crippen LogP contribution < -0.4 is 5.32 Å². The Balaban J connectivity index is 1.71. The number of rotatable bonds is 4. The molecule has 0 fully saturated rings. The standard InChI is InChI=1S/C22H16ClNOS/c23-19-17-13-7-8-14-18(17)26-21(19)22(25)24-20(15-9-3-1-4-10-15)16-11-5-2-6-12-16/h1-14,20H,(H,24,25). The Morgan fingerprint density at radius 3 is 1.92 bits per heavy atom. The van der Waals surface area contributed by atoms with Crippen LogP contribution in [0.1, 0.15) is 26.8 Å². The highest BCUT2D eigenvalue weighted by Gasteiger charge is 2.22. The second-order valence-corrected chi connectivity index (χ2v) is 7.40. The third kappa shape index (κ3) is 3.24. The summed E-state index contributed by atoms with van der Waals surface area (Å²) < 4.78 is 1.01. The van der Waals surface area contributed by atoms with Gasteiger partial charge in [0, 0.05) is 10.1 Å². The van der Waals surface area contributed by atoms with Gasteiger partial charge in [-0.15, -0.1) is 11.3 Å².